The second kappa shape index (κ2) is 11.4. The number of hydrogen-bond donors (Lipinski definition) is 2. The third kappa shape index (κ3) is 6.05. The number of halogens is 1. The van der Waals surface area contributed by atoms with Gasteiger partial charge < -0.3 is 20.1 Å². The molecule has 1 fully saturated rings. The normalized spacial score (nSPS) is 20.0. The zero-order chi connectivity index (χ0) is 27.5. The summed E-state index contributed by atoms with van der Waals surface area (Å²) in [6.07, 6.45) is 9.33. The van der Waals surface area contributed by atoms with Crippen molar-refractivity contribution in [1.82, 2.24) is 20.0 Å². The summed E-state index contributed by atoms with van der Waals surface area (Å²) in [5.74, 6) is -0.405. The van der Waals surface area contributed by atoms with Crippen LogP contribution in [0.15, 0.2) is 90.3 Å². The van der Waals surface area contributed by atoms with E-state index in [4.69, 9.17) is 17.7 Å². The minimum atomic E-state index is -0.682. The lowest BCUT2D eigenvalue weighted by Gasteiger charge is -2.24. The topological polar surface area (TPSA) is 79.6 Å². The van der Waals surface area contributed by atoms with Gasteiger partial charge in [0.2, 0.25) is 0 Å². The number of amides is 1. The van der Waals surface area contributed by atoms with Crippen molar-refractivity contribution in [1.29, 1.82) is 0 Å². The number of benzene rings is 2. The molecule has 2 N–H and O–H groups in total. The summed E-state index contributed by atoms with van der Waals surface area (Å²) in [4.78, 5) is 14.7. The first-order valence-corrected chi connectivity index (χ1v) is 12.9. The van der Waals surface area contributed by atoms with Crippen molar-refractivity contribution in [2.75, 3.05) is 13.2 Å². The van der Waals surface area contributed by atoms with Crippen LogP contribution in [0.2, 0.25) is 0 Å². The molecule has 39 heavy (non-hydrogen) atoms. The van der Waals surface area contributed by atoms with E-state index in [1.165, 1.54) is 12.1 Å². The molecule has 3 atom stereocenters. The zero-order valence-corrected chi connectivity index (χ0v) is 21.9. The molecule has 1 aromatic heterocycles. The fraction of sp³-hybridized carbons (Fsp3) is 0.267. The number of ether oxygens (including phenoxy) is 1. The molecule has 1 amide bonds. The highest BCUT2D eigenvalue weighted by Gasteiger charge is 2.36. The van der Waals surface area contributed by atoms with E-state index in [1.54, 1.807) is 40.8 Å². The molecule has 2 aliphatic rings. The first-order valence-electron chi connectivity index (χ1n) is 12.9. The largest absolute Gasteiger partial charge is 0.374 e. The number of aromatic nitrogens is 2. The lowest BCUT2D eigenvalue weighted by molar-refractivity contribution is -0.128. The quantitative estimate of drug-likeness (QED) is 0.348. The average Bonchev–Trinajstić information content (AvgIpc) is 3.45. The lowest BCUT2D eigenvalue weighted by Crippen LogP contribution is -2.31. The predicted molar refractivity (Wildman–Crippen MR) is 149 cm³/mol. The van der Waals surface area contributed by atoms with Crippen LogP contribution in [0.4, 0.5) is 4.39 Å². The van der Waals surface area contributed by atoms with Gasteiger partial charge in [0.15, 0.2) is 6.23 Å². The molecular weight excluding hydrogens is 494 g/mol. The Hall–Kier alpha value is -3.95. The number of nitrogens with zero attached hydrogens (tertiary/aromatic N) is 3. The van der Waals surface area contributed by atoms with Crippen molar-refractivity contribution in [2.24, 2.45) is 5.92 Å². The Kier molecular flexibility index (Phi) is 7.81. The second-order valence-electron chi connectivity index (χ2n) is 9.81. The van der Waals surface area contributed by atoms with Crippen LogP contribution in [0.1, 0.15) is 32.1 Å². The zero-order valence-electron chi connectivity index (χ0n) is 21.9. The van der Waals surface area contributed by atoms with Gasteiger partial charge in [-0.2, -0.15) is 5.10 Å². The predicted octanol–water partition coefficient (Wildman–Crippen LogP) is 3.66. The standard InChI is InChI=1S/C30H30BFN4O3/c1-19-4-3-5-21(16-27(19)33-20(2)37)14-15-35-28(38)18-39-30(35)26-17-36(25-12-8-23(31)9-13-25)34-29(26)22-6-10-24(32)11-7-22/h3-13,16-17,20-21,30,33,37H,14-15,18H2,1-2H3/t20-,21-,30?/m0/s1. The highest BCUT2D eigenvalue weighted by molar-refractivity contribution is 6.32. The molecule has 0 bridgehead atoms. The molecule has 1 unspecified atom stereocenters. The fourth-order valence-corrected chi connectivity index (χ4v) is 4.80. The van der Waals surface area contributed by atoms with E-state index >= 15 is 0 Å². The van der Waals surface area contributed by atoms with Crippen LogP contribution in [0, 0.1) is 11.7 Å². The number of hydrogen-bond acceptors (Lipinski definition) is 5. The Bertz CT molecular complexity index is 1430. The van der Waals surface area contributed by atoms with Gasteiger partial charge in [-0.25, -0.2) is 9.07 Å². The summed E-state index contributed by atoms with van der Waals surface area (Å²) in [6, 6.07) is 13.4. The van der Waals surface area contributed by atoms with Gasteiger partial charge in [0.25, 0.3) is 5.91 Å². The lowest BCUT2D eigenvalue weighted by atomic mass is 9.96. The summed E-state index contributed by atoms with van der Waals surface area (Å²) >= 11 is 0. The van der Waals surface area contributed by atoms with Gasteiger partial charge >= 0.3 is 0 Å². The summed E-state index contributed by atoms with van der Waals surface area (Å²) in [7, 11) is 5.86. The fourth-order valence-electron chi connectivity index (χ4n) is 4.80. The van der Waals surface area contributed by atoms with E-state index in [2.05, 4.69) is 17.5 Å². The summed E-state index contributed by atoms with van der Waals surface area (Å²) < 4.78 is 21.4. The number of carbonyl (C=O) groups excluding carboxylic acids is 1. The Morgan fingerprint density at radius 2 is 1.95 bits per heavy atom. The highest BCUT2D eigenvalue weighted by atomic mass is 19.1. The van der Waals surface area contributed by atoms with Gasteiger partial charge in [0.1, 0.15) is 32.2 Å². The molecular formula is C30H30BFN4O3. The number of allylic oxidation sites excluding steroid dienone is 5. The number of aliphatic hydroxyl groups is 1. The van der Waals surface area contributed by atoms with E-state index in [-0.39, 0.29) is 24.2 Å². The van der Waals surface area contributed by atoms with Crippen LogP contribution >= 0.6 is 0 Å². The Labute approximate surface area is 228 Å². The van der Waals surface area contributed by atoms with Crippen molar-refractivity contribution in [2.45, 2.75) is 32.7 Å². The maximum absolute atomic E-state index is 13.7. The molecule has 2 aromatic carbocycles. The Morgan fingerprint density at radius 1 is 1.21 bits per heavy atom. The van der Waals surface area contributed by atoms with Gasteiger partial charge in [-0.05, 0) is 68.2 Å². The summed E-state index contributed by atoms with van der Waals surface area (Å²) in [5, 5.41) is 17.7. The molecule has 2 heterocycles. The van der Waals surface area contributed by atoms with Crippen LogP contribution in [0.3, 0.4) is 0 Å². The average molecular weight is 524 g/mol. The third-order valence-electron chi connectivity index (χ3n) is 6.83. The third-order valence-corrected chi connectivity index (χ3v) is 6.83. The molecule has 2 radical (unpaired) electrons. The van der Waals surface area contributed by atoms with Crippen molar-refractivity contribution < 1.29 is 19.0 Å². The number of nitrogens with one attached hydrogen (secondary N) is 1. The van der Waals surface area contributed by atoms with Gasteiger partial charge in [-0.3, -0.25) is 4.79 Å². The highest BCUT2D eigenvalue weighted by Crippen LogP contribution is 2.36. The van der Waals surface area contributed by atoms with Crippen LogP contribution < -0.4 is 10.8 Å². The smallest absolute Gasteiger partial charge is 0.250 e. The molecule has 7 nitrogen and oxygen atoms in total. The van der Waals surface area contributed by atoms with Gasteiger partial charge in [0.05, 0.1) is 5.69 Å². The van der Waals surface area contributed by atoms with Gasteiger partial charge in [0, 0.05) is 29.6 Å². The maximum atomic E-state index is 13.7. The van der Waals surface area contributed by atoms with Crippen LogP contribution in [0.25, 0.3) is 16.9 Å². The Balaban J connectivity index is 1.44. The van der Waals surface area contributed by atoms with E-state index in [1.807, 2.05) is 37.4 Å². The number of aliphatic hydroxyl groups excluding tert-OH is 1. The number of rotatable bonds is 8. The molecule has 1 aliphatic carbocycles. The van der Waals surface area contributed by atoms with Crippen LogP contribution in [0.5, 0.6) is 0 Å². The molecule has 1 saturated heterocycles. The van der Waals surface area contributed by atoms with Crippen LogP contribution in [-0.2, 0) is 9.53 Å². The number of carbonyl (C=O) groups is 1. The summed E-state index contributed by atoms with van der Waals surface area (Å²) in [6.45, 7) is 4.07. The van der Waals surface area contributed by atoms with E-state index < -0.39 is 12.5 Å². The second-order valence-corrected chi connectivity index (χ2v) is 9.81. The Morgan fingerprint density at radius 3 is 2.67 bits per heavy atom. The first-order chi connectivity index (χ1) is 18.8. The van der Waals surface area contributed by atoms with Gasteiger partial charge in [-0.15, -0.1) is 0 Å². The molecule has 0 spiro atoms. The molecule has 3 aromatic rings. The molecule has 1 aliphatic heterocycles. The summed E-state index contributed by atoms with van der Waals surface area (Å²) in [5.41, 5.74) is 5.35. The van der Waals surface area contributed by atoms with E-state index in [0.717, 1.165) is 17.0 Å². The minimum Gasteiger partial charge on any atom is -0.374 e. The molecule has 5 rings (SSSR count). The minimum absolute atomic E-state index is 0.0353. The molecule has 0 saturated carbocycles. The maximum Gasteiger partial charge on any atom is 0.250 e. The van der Waals surface area contributed by atoms with Crippen molar-refractivity contribution in [3.8, 4) is 16.9 Å². The molecule has 198 valence electrons. The van der Waals surface area contributed by atoms with E-state index in [0.29, 0.717) is 35.2 Å². The van der Waals surface area contributed by atoms with Crippen molar-refractivity contribution >= 4 is 19.2 Å². The van der Waals surface area contributed by atoms with Gasteiger partial charge in [-0.1, -0.05) is 41.9 Å². The van der Waals surface area contributed by atoms with E-state index in [9.17, 15) is 14.3 Å². The SMILES string of the molecule is [B]c1ccc(-n2cc(C3OCC(=O)N3CC[C@@H]3C=CC=C(C)C(N[C@H](C)O)=C3)c(-c3ccc(F)cc3)n2)cc1. The molecule has 9 heteroatoms. The van der Waals surface area contributed by atoms with Crippen molar-refractivity contribution in [3.63, 3.8) is 0 Å². The van der Waals surface area contributed by atoms with Crippen molar-refractivity contribution in [3.05, 3.63) is 102 Å². The first kappa shape index (κ1) is 26.7. The van der Waals surface area contributed by atoms with Crippen LogP contribution in [-0.4, -0.2) is 52.9 Å². The monoisotopic (exact) mass is 524 g/mol.